The highest BCUT2D eigenvalue weighted by Gasteiger charge is 2.40. The van der Waals surface area contributed by atoms with Gasteiger partial charge in [0.15, 0.2) is 0 Å². The van der Waals surface area contributed by atoms with E-state index in [4.69, 9.17) is 4.74 Å². The first-order valence-corrected chi connectivity index (χ1v) is 18.4. The second-order valence-corrected chi connectivity index (χ2v) is 14.7. The Kier molecular flexibility index (Phi) is 10.9. The van der Waals surface area contributed by atoms with Crippen LogP contribution in [0, 0.1) is 5.82 Å². The minimum Gasteiger partial charge on any atom is -0.457 e. The summed E-state index contributed by atoms with van der Waals surface area (Å²) in [6, 6.07) is 15.4. The molecular weight excluding hydrogens is 688 g/mol. The van der Waals surface area contributed by atoms with E-state index in [-0.39, 0.29) is 47.0 Å². The zero-order chi connectivity index (χ0) is 37.2. The predicted molar refractivity (Wildman–Crippen MR) is 193 cm³/mol. The van der Waals surface area contributed by atoms with Crippen molar-refractivity contribution in [1.82, 2.24) is 29.9 Å². The van der Waals surface area contributed by atoms with Gasteiger partial charge in [-0.2, -0.15) is 10.2 Å². The van der Waals surface area contributed by atoms with Gasteiger partial charge in [0.2, 0.25) is 0 Å². The molecule has 1 N–H and O–H groups in total. The number of carbonyl (C=O) groups excluding carboxylic acids is 1. The normalized spacial score (nSPS) is 20.2. The Morgan fingerprint density at radius 2 is 1.66 bits per heavy atom. The number of piperidine rings is 2. The quantitative estimate of drug-likeness (QED) is 0.164. The van der Waals surface area contributed by atoms with Crippen LogP contribution in [0.2, 0.25) is 0 Å². The minimum absolute atomic E-state index is 0.0843. The fraction of sp³-hybridized carbons (Fsp3) is 0.450. The summed E-state index contributed by atoms with van der Waals surface area (Å²) in [6.07, 6.45) is 1.62. The number of alkyl halides is 3. The SMILES string of the molecule is CC(C)c1ccc(-c2ccc(Oc3cc(C(=O)NC4CCN(C5CCN(C6CC6)CC5F)CC4)c(F)cc3Cn3cc(C(F)F)ccc3=O)cc2)nn1. The maximum Gasteiger partial charge on any atom is 0.265 e. The highest BCUT2D eigenvalue weighted by molar-refractivity contribution is 5.95. The largest absolute Gasteiger partial charge is 0.457 e. The molecule has 1 saturated carbocycles. The molecule has 1 aliphatic carbocycles. The molecule has 53 heavy (non-hydrogen) atoms. The van der Waals surface area contributed by atoms with Gasteiger partial charge in [-0.3, -0.25) is 19.4 Å². The predicted octanol–water partition coefficient (Wildman–Crippen LogP) is 7.12. The molecule has 2 aromatic carbocycles. The first kappa shape index (κ1) is 36.7. The van der Waals surface area contributed by atoms with E-state index in [0.717, 1.165) is 66.0 Å². The number of pyridine rings is 1. The molecule has 4 aromatic rings. The summed E-state index contributed by atoms with van der Waals surface area (Å²) in [5, 5.41) is 11.6. The van der Waals surface area contributed by atoms with Crippen LogP contribution < -0.4 is 15.6 Å². The molecule has 0 bridgehead atoms. The van der Waals surface area contributed by atoms with Crippen molar-refractivity contribution < 1.29 is 27.1 Å². The second kappa shape index (κ2) is 15.8. The maximum absolute atomic E-state index is 15.8. The number of amides is 1. The van der Waals surface area contributed by atoms with Gasteiger partial charge in [0, 0.05) is 73.3 Å². The first-order valence-electron chi connectivity index (χ1n) is 18.4. The molecule has 13 heteroatoms. The fourth-order valence-corrected chi connectivity index (χ4v) is 7.34. The average Bonchev–Trinajstić information content (AvgIpc) is 4.00. The van der Waals surface area contributed by atoms with Crippen LogP contribution in [-0.2, 0) is 6.54 Å². The van der Waals surface area contributed by atoms with Crippen molar-refractivity contribution in [3.8, 4) is 22.8 Å². The number of carbonyl (C=O) groups is 1. The van der Waals surface area contributed by atoms with Crippen LogP contribution >= 0.6 is 0 Å². The molecule has 7 rings (SSSR count). The molecule has 3 fully saturated rings. The monoisotopic (exact) mass is 732 g/mol. The van der Waals surface area contributed by atoms with Gasteiger partial charge in [0.25, 0.3) is 17.9 Å². The van der Waals surface area contributed by atoms with Crippen molar-refractivity contribution in [2.24, 2.45) is 0 Å². The molecule has 2 saturated heterocycles. The zero-order valence-electron chi connectivity index (χ0n) is 29.9. The molecule has 2 atom stereocenters. The molecule has 2 unspecified atom stereocenters. The van der Waals surface area contributed by atoms with Gasteiger partial charge in [-0.25, -0.2) is 17.6 Å². The second-order valence-electron chi connectivity index (χ2n) is 14.7. The topological polar surface area (TPSA) is 92.6 Å². The van der Waals surface area contributed by atoms with Crippen molar-refractivity contribution in [2.45, 2.75) is 89.1 Å². The number of ether oxygens (including phenoxy) is 1. The maximum atomic E-state index is 15.8. The molecule has 280 valence electrons. The van der Waals surface area contributed by atoms with E-state index in [0.29, 0.717) is 50.0 Å². The summed E-state index contributed by atoms with van der Waals surface area (Å²) < 4.78 is 65.2. The lowest BCUT2D eigenvalue weighted by molar-refractivity contribution is 0.0177. The van der Waals surface area contributed by atoms with Crippen LogP contribution in [0.4, 0.5) is 17.6 Å². The third-order valence-corrected chi connectivity index (χ3v) is 10.6. The van der Waals surface area contributed by atoms with E-state index in [9.17, 15) is 18.4 Å². The van der Waals surface area contributed by atoms with Gasteiger partial charge in [-0.15, -0.1) is 0 Å². The summed E-state index contributed by atoms with van der Waals surface area (Å²) in [7, 11) is 0. The van der Waals surface area contributed by atoms with Crippen molar-refractivity contribution in [3.63, 3.8) is 0 Å². The molecule has 0 radical (unpaired) electrons. The van der Waals surface area contributed by atoms with Crippen molar-refractivity contribution in [2.75, 3.05) is 26.2 Å². The molecule has 9 nitrogen and oxygen atoms in total. The molecule has 3 aliphatic rings. The number of rotatable bonds is 11. The lowest BCUT2D eigenvalue weighted by Gasteiger charge is -2.43. The van der Waals surface area contributed by atoms with Crippen molar-refractivity contribution in [1.29, 1.82) is 0 Å². The van der Waals surface area contributed by atoms with Gasteiger partial charge in [-0.05, 0) is 92.6 Å². The van der Waals surface area contributed by atoms with E-state index in [1.165, 1.54) is 6.07 Å². The number of aromatic nitrogens is 3. The third-order valence-electron chi connectivity index (χ3n) is 10.6. The van der Waals surface area contributed by atoms with Gasteiger partial charge < -0.3 is 14.6 Å². The fourth-order valence-electron chi connectivity index (χ4n) is 7.34. The van der Waals surface area contributed by atoms with Crippen molar-refractivity contribution in [3.05, 3.63) is 105 Å². The molecule has 0 spiro atoms. The standard InChI is InChI=1S/C40H44F4N6O3/c1-24(2)34-10-11-35(47-46-34)25-3-8-30(9-4-25)53-37-20-31(32(41)19-27(37)22-50-21-26(39(43)44)5-12-38(50)51)40(52)45-28-13-16-48(17-14-28)36-15-18-49(23-33(36)42)29-6-7-29/h3-5,8-12,19-21,24,28-29,33,36,39H,6-7,13-18,22-23H2,1-2H3,(H,45,52). The Bertz CT molecular complexity index is 1960. The lowest BCUT2D eigenvalue weighted by atomic mass is 9.96. The number of hydrogen-bond acceptors (Lipinski definition) is 7. The molecule has 2 aromatic heterocycles. The first-order chi connectivity index (χ1) is 25.5. The summed E-state index contributed by atoms with van der Waals surface area (Å²) >= 11 is 0. The Hall–Kier alpha value is -4.62. The summed E-state index contributed by atoms with van der Waals surface area (Å²) in [5.74, 6) is -0.798. The Labute approximate surface area is 306 Å². The average molecular weight is 733 g/mol. The Morgan fingerprint density at radius 1 is 0.925 bits per heavy atom. The van der Waals surface area contributed by atoms with Gasteiger partial charge in [0.05, 0.1) is 23.5 Å². The number of likely N-dealkylation sites (tertiary alicyclic amines) is 2. The summed E-state index contributed by atoms with van der Waals surface area (Å²) in [4.78, 5) is 30.6. The Balaban J connectivity index is 1.08. The zero-order valence-corrected chi connectivity index (χ0v) is 29.9. The minimum atomic E-state index is -2.81. The third kappa shape index (κ3) is 8.62. The Morgan fingerprint density at radius 3 is 2.30 bits per heavy atom. The van der Waals surface area contributed by atoms with Crippen LogP contribution in [0.15, 0.2) is 71.7 Å². The van der Waals surface area contributed by atoms with E-state index in [1.54, 1.807) is 24.3 Å². The van der Waals surface area contributed by atoms with E-state index < -0.39 is 29.9 Å². The highest BCUT2D eigenvalue weighted by Crippen LogP contribution is 2.33. The van der Waals surface area contributed by atoms with Crippen LogP contribution in [0.1, 0.15) is 85.5 Å². The van der Waals surface area contributed by atoms with Crippen LogP contribution in [0.25, 0.3) is 11.3 Å². The molecule has 2 aliphatic heterocycles. The van der Waals surface area contributed by atoms with Crippen LogP contribution in [0.3, 0.4) is 0 Å². The summed E-state index contributed by atoms with van der Waals surface area (Å²) in [6.45, 7) is 6.43. The number of hydrogen-bond donors (Lipinski definition) is 1. The van der Waals surface area contributed by atoms with E-state index >= 15 is 8.78 Å². The lowest BCUT2D eigenvalue weighted by Crippen LogP contribution is -2.56. The van der Waals surface area contributed by atoms with Gasteiger partial charge >= 0.3 is 0 Å². The van der Waals surface area contributed by atoms with E-state index in [2.05, 4.69) is 25.3 Å². The molecule has 4 heterocycles. The number of nitrogens with one attached hydrogen (secondary N) is 1. The van der Waals surface area contributed by atoms with Gasteiger partial charge in [-0.1, -0.05) is 13.8 Å². The number of halogens is 4. The summed E-state index contributed by atoms with van der Waals surface area (Å²) in [5.41, 5.74) is 1.31. The smallest absolute Gasteiger partial charge is 0.265 e. The number of nitrogens with zero attached hydrogens (tertiary/aromatic N) is 5. The van der Waals surface area contributed by atoms with Crippen LogP contribution in [-0.4, -0.2) is 80.9 Å². The van der Waals surface area contributed by atoms with Crippen molar-refractivity contribution >= 4 is 5.91 Å². The molecule has 1 amide bonds. The highest BCUT2D eigenvalue weighted by atomic mass is 19.3. The van der Waals surface area contributed by atoms with E-state index in [1.807, 2.05) is 26.0 Å². The number of benzene rings is 2. The van der Waals surface area contributed by atoms with Gasteiger partial charge in [0.1, 0.15) is 23.5 Å². The van der Waals surface area contributed by atoms with Crippen LogP contribution in [0.5, 0.6) is 11.5 Å². The molecular formula is C40H44F4N6O3.